The Balaban J connectivity index is 0.000000219. The number of methoxy groups -OCH3 is 1. The molecule has 0 aliphatic rings. The Hall–Kier alpha value is -2.11. The van der Waals surface area contributed by atoms with E-state index in [1.807, 2.05) is 24.3 Å². The maximum absolute atomic E-state index is 10.9. The van der Waals surface area contributed by atoms with Gasteiger partial charge < -0.3 is 15.8 Å². The highest BCUT2D eigenvalue weighted by molar-refractivity contribution is 6.42. The Labute approximate surface area is 133 Å². The molecule has 2 amide bonds. The number of nitrogens with two attached hydrogens (primary N) is 1. The lowest BCUT2D eigenvalue weighted by molar-refractivity contribution is 0.248. The van der Waals surface area contributed by atoms with Crippen LogP contribution < -0.4 is 15.8 Å². The number of para-hydroxylation sites is 3. The quantitative estimate of drug-likeness (QED) is 0.644. The first-order valence-electron chi connectivity index (χ1n) is 5.90. The number of nitrogens with zero attached hydrogens (tertiary/aromatic N) is 1. The van der Waals surface area contributed by atoms with Gasteiger partial charge in [-0.05, 0) is 24.3 Å². The minimum absolute atomic E-state index is 0.438. The Bertz CT molecular complexity index is 565. The minimum atomic E-state index is -0.579. The molecule has 0 saturated carbocycles. The predicted octanol–water partition coefficient (Wildman–Crippen LogP) is 4.11. The van der Waals surface area contributed by atoms with Crippen molar-refractivity contribution in [2.24, 2.45) is 0 Å². The lowest BCUT2D eigenvalue weighted by atomic mass is 10.3. The number of nitrogens with one attached hydrogen (secondary N) is 1. The van der Waals surface area contributed by atoms with Crippen molar-refractivity contribution in [3.05, 3.63) is 54.6 Å². The monoisotopic (exact) mass is 327 g/mol. The van der Waals surface area contributed by atoms with Gasteiger partial charge in [0.15, 0.2) is 0 Å². The molecule has 0 aliphatic carbocycles. The number of rotatable bonds is 2. The molecule has 7 heteroatoms. The van der Waals surface area contributed by atoms with E-state index in [2.05, 4.69) is 5.32 Å². The van der Waals surface area contributed by atoms with Crippen molar-refractivity contribution in [2.45, 2.75) is 0 Å². The molecule has 0 aliphatic heterocycles. The fraction of sp³-hybridized carbons (Fsp3) is 0.0714. The van der Waals surface area contributed by atoms with E-state index in [0.717, 1.165) is 5.75 Å². The van der Waals surface area contributed by atoms with Crippen LogP contribution in [0.2, 0.25) is 0 Å². The first-order chi connectivity index (χ1) is 10.0. The van der Waals surface area contributed by atoms with Crippen molar-refractivity contribution in [1.82, 2.24) is 3.94 Å². The van der Waals surface area contributed by atoms with Crippen molar-refractivity contribution in [2.75, 3.05) is 18.2 Å². The number of amides is 2. The number of halogens is 2. The molecule has 2 aromatic carbocycles. The number of anilines is 2. The summed E-state index contributed by atoms with van der Waals surface area (Å²) in [4.78, 5) is 10.9. The number of nitrogen functional groups attached to an aromatic ring is 1. The number of urea groups is 1. The van der Waals surface area contributed by atoms with E-state index in [-0.39, 0.29) is 0 Å². The molecule has 0 heterocycles. The molecular weight excluding hydrogens is 313 g/mol. The van der Waals surface area contributed by atoms with Gasteiger partial charge in [0, 0.05) is 29.2 Å². The number of hydrogen-bond acceptors (Lipinski definition) is 3. The van der Waals surface area contributed by atoms with E-state index in [9.17, 15) is 4.79 Å². The number of carbonyl (C=O) groups is 1. The zero-order chi connectivity index (χ0) is 15.7. The van der Waals surface area contributed by atoms with E-state index in [1.54, 1.807) is 37.4 Å². The Kier molecular flexibility index (Phi) is 7.21. The normalized spacial score (nSPS) is 9.10. The molecule has 0 aromatic heterocycles. The van der Waals surface area contributed by atoms with Crippen molar-refractivity contribution in [3.63, 3.8) is 0 Å². The van der Waals surface area contributed by atoms with E-state index < -0.39 is 6.03 Å². The van der Waals surface area contributed by atoms with Crippen LogP contribution >= 0.6 is 23.6 Å². The molecule has 3 N–H and O–H groups in total. The van der Waals surface area contributed by atoms with Crippen LogP contribution in [-0.4, -0.2) is 17.1 Å². The molecule has 0 bridgehead atoms. The van der Waals surface area contributed by atoms with Crippen molar-refractivity contribution >= 4 is 41.0 Å². The van der Waals surface area contributed by atoms with Crippen LogP contribution in [0, 0.1) is 0 Å². The summed E-state index contributed by atoms with van der Waals surface area (Å²) in [5.41, 5.74) is 6.83. The van der Waals surface area contributed by atoms with Crippen LogP contribution in [0.3, 0.4) is 0 Å². The van der Waals surface area contributed by atoms with Crippen LogP contribution in [0.1, 0.15) is 0 Å². The topological polar surface area (TPSA) is 67.6 Å². The molecule has 2 aromatic rings. The van der Waals surface area contributed by atoms with Crippen molar-refractivity contribution < 1.29 is 9.53 Å². The van der Waals surface area contributed by atoms with Gasteiger partial charge in [-0.2, -0.15) is 0 Å². The number of ether oxygens (including phenoxy) is 1. The average Bonchev–Trinajstić information content (AvgIpc) is 2.49. The molecule has 0 fully saturated rings. The second-order valence-corrected chi connectivity index (χ2v) is 4.62. The molecule has 0 spiro atoms. The number of hydrogen-bond donors (Lipinski definition) is 2. The third-order valence-electron chi connectivity index (χ3n) is 2.32. The zero-order valence-corrected chi connectivity index (χ0v) is 12.8. The van der Waals surface area contributed by atoms with E-state index in [4.69, 9.17) is 34.0 Å². The number of benzene rings is 2. The molecule has 2 rings (SSSR count). The van der Waals surface area contributed by atoms with Crippen LogP contribution in [0.5, 0.6) is 5.75 Å². The van der Waals surface area contributed by atoms with Gasteiger partial charge in [0.2, 0.25) is 0 Å². The highest BCUT2D eigenvalue weighted by atomic mass is 35.5. The first kappa shape index (κ1) is 16.9. The van der Waals surface area contributed by atoms with Crippen LogP contribution in [0.25, 0.3) is 0 Å². The Morgan fingerprint density at radius 1 is 1.10 bits per heavy atom. The zero-order valence-electron chi connectivity index (χ0n) is 11.3. The summed E-state index contributed by atoms with van der Waals surface area (Å²) in [5.74, 6) is 0.734. The standard InChI is InChI=1S/C7H6Cl2N2O.C7H9NO/c8-11(9)7(12)10-6-4-2-1-3-5-6;1-9-7-5-3-2-4-6(7)8/h1-5H,(H,10,12);2-5H,8H2,1H3. The number of carbonyl (C=O) groups excluding carboxylic acids is 1. The van der Waals surface area contributed by atoms with Crippen LogP contribution in [0.15, 0.2) is 54.6 Å². The molecule has 112 valence electrons. The molecule has 21 heavy (non-hydrogen) atoms. The van der Waals surface area contributed by atoms with Crippen LogP contribution in [-0.2, 0) is 0 Å². The molecule has 5 nitrogen and oxygen atoms in total. The maximum Gasteiger partial charge on any atom is 0.351 e. The van der Waals surface area contributed by atoms with Gasteiger partial charge >= 0.3 is 6.03 Å². The summed E-state index contributed by atoms with van der Waals surface area (Å²) >= 11 is 10.3. The summed E-state index contributed by atoms with van der Waals surface area (Å²) in [6, 6.07) is 15.7. The third-order valence-corrected chi connectivity index (χ3v) is 2.62. The van der Waals surface area contributed by atoms with E-state index in [0.29, 0.717) is 15.3 Å². The Morgan fingerprint density at radius 3 is 2.14 bits per heavy atom. The second kappa shape index (κ2) is 8.94. The highest BCUT2D eigenvalue weighted by Gasteiger charge is 2.06. The van der Waals surface area contributed by atoms with Gasteiger partial charge in [-0.15, -0.1) is 3.94 Å². The molecule has 0 unspecified atom stereocenters. The summed E-state index contributed by atoms with van der Waals surface area (Å²) < 4.78 is 5.36. The van der Waals surface area contributed by atoms with Gasteiger partial charge in [-0.3, -0.25) is 0 Å². The average molecular weight is 328 g/mol. The second-order valence-electron chi connectivity index (χ2n) is 3.77. The SMILES string of the molecule is COc1ccccc1N.O=C(Nc1ccccc1)N(Cl)Cl. The molecule has 0 saturated heterocycles. The van der Waals surface area contributed by atoms with Gasteiger partial charge in [0.25, 0.3) is 0 Å². The van der Waals surface area contributed by atoms with Gasteiger partial charge in [-0.1, -0.05) is 30.3 Å². The molecular formula is C14H15Cl2N3O2. The predicted molar refractivity (Wildman–Crippen MR) is 86.4 cm³/mol. The smallest absolute Gasteiger partial charge is 0.351 e. The fourth-order valence-corrected chi connectivity index (χ4v) is 1.44. The molecule has 0 radical (unpaired) electrons. The third kappa shape index (κ3) is 6.25. The molecule has 0 atom stereocenters. The van der Waals surface area contributed by atoms with E-state index >= 15 is 0 Å². The highest BCUT2D eigenvalue weighted by Crippen LogP contribution is 2.18. The summed E-state index contributed by atoms with van der Waals surface area (Å²) in [7, 11) is 1.60. The largest absolute Gasteiger partial charge is 0.495 e. The summed E-state index contributed by atoms with van der Waals surface area (Å²) in [6.07, 6.45) is 0. The minimum Gasteiger partial charge on any atom is -0.495 e. The lowest BCUT2D eigenvalue weighted by Crippen LogP contribution is -2.18. The summed E-state index contributed by atoms with van der Waals surface area (Å²) in [5, 5.41) is 2.46. The van der Waals surface area contributed by atoms with Gasteiger partial charge in [-0.25, -0.2) is 4.79 Å². The maximum atomic E-state index is 10.9. The van der Waals surface area contributed by atoms with Gasteiger partial charge in [0.1, 0.15) is 5.75 Å². The van der Waals surface area contributed by atoms with E-state index in [1.165, 1.54) is 0 Å². The Morgan fingerprint density at radius 2 is 1.67 bits per heavy atom. The first-order valence-corrected chi connectivity index (χ1v) is 6.58. The van der Waals surface area contributed by atoms with Crippen molar-refractivity contribution in [3.8, 4) is 5.75 Å². The van der Waals surface area contributed by atoms with Gasteiger partial charge in [0.05, 0.1) is 12.8 Å². The fourth-order valence-electron chi connectivity index (χ4n) is 1.35. The van der Waals surface area contributed by atoms with Crippen LogP contribution in [0.4, 0.5) is 16.2 Å². The van der Waals surface area contributed by atoms with Crippen molar-refractivity contribution in [1.29, 1.82) is 0 Å². The lowest BCUT2D eigenvalue weighted by Gasteiger charge is -2.05. The summed E-state index contributed by atoms with van der Waals surface area (Å²) in [6.45, 7) is 0.